The molecular formula is C17H16O6. The SMILES string of the molecule is COc1ccc([C@H]2Oc3cc4c(cc3[C@@H]2CO)OCO4)c(O)c1. The zero-order valence-corrected chi connectivity index (χ0v) is 12.5. The summed E-state index contributed by atoms with van der Waals surface area (Å²) in [5.41, 5.74) is 1.44. The molecule has 2 N–H and O–H groups in total. The lowest BCUT2D eigenvalue weighted by Gasteiger charge is -2.19. The Kier molecular flexibility index (Phi) is 3.20. The normalized spacial score (nSPS) is 21.0. The smallest absolute Gasteiger partial charge is 0.231 e. The van der Waals surface area contributed by atoms with Gasteiger partial charge >= 0.3 is 0 Å². The summed E-state index contributed by atoms with van der Waals surface area (Å²) in [6.45, 7) is 0.0769. The average molecular weight is 316 g/mol. The number of ether oxygens (including phenoxy) is 4. The molecule has 0 amide bonds. The van der Waals surface area contributed by atoms with Crippen LogP contribution in [-0.4, -0.2) is 30.7 Å². The van der Waals surface area contributed by atoms with Crippen LogP contribution in [0.1, 0.15) is 23.1 Å². The van der Waals surface area contributed by atoms with Gasteiger partial charge in [-0.25, -0.2) is 0 Å². The van der Waals surface area contributed by atoms with Crippen molar-refractivity contribution >= 4 is 0 Å². The Bertz CT molecular complexity index is 757. The van der Waals surface area contributed by atoms with E-state index in [1.807, 2.05) is 6.07 Å². The molecule has 2 aliphatic heterocycles. The van der Waals surface area contributed by atoms with Crippen molar-refractivity contribution in [3.8, 4) is 28.7 Å². The van der Waals surface area contributed by atoms with E-state index in [0.29, 0.717) is 28.6 Å². The van der Waals surface area contributed by atoms with Crippen LogP contribution in [0.4, 0.5) is 0 Å². The largest absolute Gasteiger partial charge is 0.507 e. The molecule has 0 radical (unpaired) electrons. The number of rotatable bonds is 3. The number of benzene rings is 2. The van der Waals surface area contributed by atoms with E-state index in [0.717, 1.165) is 5.56 Å². The first-order valence-corrected chi connectivity index (χ1v) is 7.29. The summed E-state index contributed by atoms with van der Waals surface area (Å²) in [6, 6.07) is 8.62. The maximum atomic E-state index is 10.3. The molecule has 0 saturated carbocycles. The average Bonchev–Trinajstić information content (AvgIpc) is 3.15. The fourth-order valence-electron chi connectivity index (χ4n) is 3.08. The molecule has 6 heteroatoms. The minimum Gasteiger partial charge on any atom is -0.507 e. The van der Waals surface area contributed by atoms with Crippen LogP contribution in [-0.2, 0) is 0 Å². The van der Waals surface area contributed by atoms with Crippen LogP contribution < -0.4 is 18.9 Å². The topological polar surface area (TPSA) is 77.4 Å². The predicted octanol–water partition coefficient (Wildman–Crippen LogP) is 2.34. The Morgan fingerprint density at radius 1 is 1.09 bits per heavy atom. The number of methoxy groups -OCH3 is 1. The maximum absolute atomic E-state index is 10.3. The van der Waals surface area contributed by atoms with Gasteiger partial charge in [0, 0.05) is 23.3 Å². The molecule has 0 unspecified atom stereocenters. The highest BCUT2D eigenvalue weighted by Crippen LogP contribution is 2.52. The summed E-state index contributed by atoms with van der Waals surface area (Å²) >= 11 is 0. The van der Waals surface area contributed by atoms with Gasteiger partial charge in [0.05, 0.1) is 19.6 Å². The third kappa shape index (κ3) is 2.14. The first-order valence-electron chi connectivity index (χ1n) is 7.29. The van der Waals surface area contributed by atoms with E-state index in [2.05, 4.69) is 0 Å². The molecule has 2 aromatic rings. The third-order valence-corrected chi connectivity index (χ3v) is 4.26. The van der Waals surface area contributed by atoms with E-state index in [4.69, 9.17) is 18.9 Å². The van der Waals surface area contributed by atoms with E-state index >= 15 is 0 Å². The van der Waals surface area contributed by atoms with Gasteiger partial charge < -0.3 is 29.2 Å². The molecule has 0 saturated heterocycles. The standard InChI is InChI=1S/C17H16O6/c1-20-9-2-3-10(13(19)4-9)17-12(7-18)11-5-15-16(22-8-21-15)6-14(11)23-17/h2-6,12,17-19H,7-8H2,1H3/t12-,17+/m0/s1. The van der Waals surface area contributed by atoms with Crippen molar-refractivity contribution < 1.29 is 29.2 Å². The van der Waals surface area contributed by atoms with Crippen LogP contribution in [0.3, 0.4) is 0 Å². The van der Waals surface area contributed by atoms with Gasteiger partial charge in [0.25, 0.3) is 0 Å². The van der Waals surface area contributed by atoms with Gasteiger partial charge in [0.1, 0.15) is 23.4 Å². The van der Waals surface area contributed by atoms with Crippen LogP contribution in [0.5, 0.6) is 28.7 Å². The second-order valence-electron chi connectivity index (χ2n) is 5.50. The predicted molar refractivity (Wildman–Crippen MR) is 80.4 cm³/mol. The van der Waals surface area contributed by atoms with Crippen molar-refractivity contribution in [2.45, 2.75) is 12.0 Å². The summed E-state index contributed by atoms with van der Waals surface area (Å²) in [6.07, 6.45) is -0.483. The number of aliphatic hydroxyl groups is 1. The summed E-state index contributed by atoms with van der Waals surface area (Å²) in [4.78, 5) is 0. The molecule has 2 atom stereocenters. The maximum Gasteiger partial charge on any atom is 0.231 e. The molecule has 0 fully saturated rings. The number of fused-ring (bicyclic) bond motifs is 2. The third-order valence-electron chi connectivity index (χ3n) is 4.26. The highest BCUT2D eigenvalue weighted by Gasteiger charge is 2.38. The number of aliphatic hydroxyl groups excluding tert-OH is 1. The molecule has 2 heterocycles. The Labute approximate surface area is 132 Å². The van der Waals surface area contributed by atoms with Gasteiger partial charge in [0.15, 0.2) is 11.5 Å². The number of phenolic OH excluding ortho intramolecular Hbond substituents is 1. The van der Waals surface area contributed by atoms with Crippen LogP contribution in [0.25, 0.3) is 0 Å². The van der Waals surface area contributed by atoms with E-state index < -0.39 is 6.10 Å². The summed E-state index contributed by atoms with van der Waals surface area (Å²) in [7, 11) is 1.54. The molecule has 0 spiro atoms. The molecule has 0 aliphatic carbocycles. The van der Waals surface area contributed by atoms with Gasteiger partial charge in [-0.15, -0.1) is 0 Å². The van der Waals surface area contributed by atoms with Crippen molar-refractivity contribution in [1.82, 2.24) is 0 Å². The molecule has 6 nitrogen and oxygen atoms in total. The van der Waals surface area contributed by atoms with Crippen LogP contribution in [0.2, 0.25) is 0 Å². The monoisotopic (exact) mass is 316 g/mol. The van der Waals surface area contributed by atoms with Crippen molar-refractivity contribution in [2.75, 3.05) is 20.5 Å². The second kappa shape index (κ2) is 5.24. The van der Waals surface area contributed by atoms with Gasteiger partial charge in [-0.3, -0.25) is 0 Å². The van der Waals surface area contributed by atoms with Crippen LogP contribution in [0.15, 0.2) is 30.3 Å². The molecule has 0 bridgehead atoms. The van der Waals surface area contributed by atoms with Crippen molar-refractivity contribution in [3.63, 3.8) is 0 Å². The van der Waals surface area contributed by atoms with E-state index in [1.54, 1.807) is 18.2 Å². The van der Waals surface area contributed by atoms with Crippen molar-refractivity contribution in [1.29, 1.82) is 0 Å². The summed E-state index contributed by atoms with van der Waals surface area (Å²) in [5.74, 6) is 2.24. The van der Waals surface area contributed by atoms with E-state index in [-0.39, 0.29) is 25.1 Å². The number of hydrogen-bond donors (Lipinski definition) is 2. The molecule has 2 aliphatic rings. The minimum absolute atomic E-state index is 0.0700. The minimum atomic E-state index is -0.483. The number of aromatic hydroxyl groups is 1. The first-order chi connectivity index (χ1) is 11.2. The fraction of sp³-hybridized carbons (Fsp3) is 0.294. The summed E-state index contributed by atoms with van der Waals surface area (Å²) in [5, 5.41) is 20.1. The quantitative estimate of drug-likeness (QED) is 0.905. The molecule has 23 heavy (non-hydrogen) atoms. The number of hydrogen-bond acceptors (Lipinski definition) is 6. The fourth-order valence-corrected chi connectivity index (χ4v) is 3.08. The van der Waals surface area contributed by atoms with Crippen molar-refractivity contribution in [2.24, 2.45) is 0 Å². The number of phenols is 1. The summed E-state index contributed by atoms with van der Waals surface area (Å²) < 4.78 is 21.8. The first kappa shape index (κ1) is 14.0. The molecule has 2 aromatic carbocycles. The molecular weight excluding hydrogens is 300 g/mol. The Hall–Kier alpha value is -2.60. The molecule has 120 valence electrons. The lowest BCUT2D eigenvalue weighted by molar-refractivity contribution is 0.155. The Balaban J connectivity index is 1.74. The lowest BCUT2D eigenvalue weighted by atomic mass is 9.91. The Morgan fingerprint density at radius 2 is 1.87 bits per heavy atom. The lowest BCUT2D eigenvalue weighted by Crippen LogP contribution is -2.13. The van der Waals surface area contributed by atoms with Gasteiger partial charge in [-0.1, -0.05) is 0 Å². The highest BCUT2D eigenvalue weighted by molar-refractivity contribution is 5.56. The van der Waals surface area contributed by atoms with Gasteiger partial charge in [-0.05, 0) is 18.2 Å². The molecule has 0 aromatic heterocycles. The van der Waals surface area contributed by atoms with Crippen molar-refractivity contribution in [3.05, 3.63) is 41.5 Å². The second-order valence-corrected chi connectivity index (χ2v) is 5.50. The zero-order chi connectivity index (χ0) is 16.0. The van der Waals surface area contributed by atoms with Gasteiger partial charge in [-0.2, -0.15) is 0 Å². The van der Waals surface area contributed by atoms with E-state index in [1.165, 1.54) is 13.2 Å². The zero-order valence-electron chi connectivity index (χ0n) is 12.5. The van der Waals surface area contributed by atoms with Crippen LogP contribution in [0, 0.1) is 0 Å². The molecule has 4 rings (SSSR count). The Morgan fingerprint density at radius 3 is 2.57 bits per heavy atom. The van der Waals surface area contributed by atoms with E-state index in [9.17, 15) is 10.2 Å². The highest BCUT2D eigenvalue weighted by atomic mass is 16.7. The van der Waals surface area contributed by atoms with Gasteiger partial charge in [0.2, 0.25) is 6.79 Å². The van der Waals surface area contributed by atoms with Crippen LogP contribution >= 0.6 is 0 Å².